The largest absolute Gasteiger partial charge is 0.301 e. The van der Waals surface area contributed by atoms with Gasteiger partial charge in [0, 0.05) is 12.6 Å². The highest BCUT2D eigenvalue weighted by molar-refractivity contribution is 4.83. The molecule has 36 valence electrons. The van der Waals surface area contributed by atoms with Gasteiger partial charge in [-0.25, -0.2) is 0 Å². The molecule has 0 aromatic carbocycles. The van der Waals surface area contributed by atoms with Crippen LogP contribution in [0.1, 0.15) is 13.3 Å². The van der Waals surface area contributed by atoms with E-state index in [-0.39, 0.29) is 0 Å². The highest BCUT2D eigenvalue weighted by Gasteiger charge is 2.26. The third-order valence-corrected chi connectivity index (χ3v) is 1.46. The molecule has 0 N–H and O–H groups in total. The molecule has 0 aromatic rings. The van der Waals surface area contributed by atoms with Gasteiger partial charge in [-0.2, -0.15) is 0 Å². The molecule has 0 spiro atoms. The Morgan fingerprint density at radius 3 is 2.33 bits per heavy atom. The molecule has 1 saturated heterocycles. The molecule has 1 heterocycles. The quantitative estimate of drug-likeness (QED) is 0.424. The first-order valence-corrected chi connectivity index (χ1v) is 2.55. The van der Waals surface area contributed by atoms with Gasteiger partial charge in [-0.3, -0.25) is 0 Å². The van der Waals surface area contributed by atoms with Crippen molar-refractivity contribution in [1.29, 1.82) is 0 Å². The van der Waals surface area contributed by atoms with E-state index in [1.165, 1.54) is 13.0 Å². The van der Waals surface area contributed by atoms with Gasteiger partial charge in [0.25, 0.3) is 0 Å². The van der Waals surface area contributed by atoms with E-state index >= 15 is 0 Å². The number of hydrogen-bond acceptors (Lipinski definition) is 1. The van der Waals surface area contributed by atoms with Crippen LogP contribution in [-0.2, 0) is 0 Å². The van der Waals surface area contributed by atoms with Crippen LogP contribution in [0, 0.1) is 0 Å². The van der Waals surface area contributed by atoms with Gasteiger partial charge in [0.05, 0.1) is 0 Å². The first-order valence-electron chi connectivity index (χ1n) is 2.55. The Kier molecular flexibility index (Phi) is 0.845. The predicted molar refractivity (Wildman–Crippen MR) is 26.7 cm³/mol. The summed E-state index contributed by atoms with van der Waals surface area (Å²) in [4.78, 5) is 2.35. The van der Waals surface area contributed by atoms with Crippen LogP contribution in [0.5, 0.6) is 0 Å². The fraction of sp³-hybridized carbons (Fsp3) is 1.00. The molecule has 0 saturated carbocycles. The van der Waals surface area contributed by atoms with Gasteiger partial charge in [-0.1, -0.05) is 6.92 Å². The smallest absolute Gasteiger partial charge is 0.0218 e. The molecule has 1 nitrogen and oxygen atoms in total. The molecule has 1 aliphatic rings. The minimum atomic E-state index is 0.935. The van der Waals surface area contributed by atoms with E-state index in [4.69, 9.17) is 0 Å². The molecule has 1 aliphatic heterocycles. The Morgan fingerprint density at radius 1 is 1.83 bits per heavy atom. The molecule has 6 heavy (non-hydrogen) atoms. The van der Waals surface area contributed by atoms with Crippen molar-refractivity contribution in [3.8, 4) is 0 Å². The first kappa shape index (κ1) is 4.13. The van der Waals surface area contributed by atoms with Crippen molar-refractivity contribution < 1.29 is 0 Å². The average Bonchev–Trinajstić information content (AvgIpc) is 2.19. The molecule has 2 atom stereocenters. The van der Waals surface area contributed by atoms with Crippen LogP contribution in [-0.4, -0.2) is 24.5 Å². The van der Waals surface area contributed by atoms with Crippen molar-refractivity contribution in [2.45, 2.75) is 19.4 Å². The zero-order valence-electron chi connectivity index (χ0n) is 4.44. The van der Waals surface area contributed by atoms with Gasteiger partial charge in [-0.05, 0) is 13.5 Å². The summed E-state index contributed by atoms with van der Waals surface area (Å²) in [5.74, 6) is 0. The van der Waals surface area contributed by atoms with Crippen molar-refractivity contribution in [1.82, 2.24) is 4.90 Å². The standard InChI is InChI=1S/C5H11N/c1-3-5-4-6(5)2/h5H,3-4H2,1-2H3/t5-,6+/m0/s1. The van der Waals surface area contributed by atoms with Crippen LogP contribution < -0.4 is 0 Å². The molecule has 1 heteroatoms. The monoisotopic (exact) mass is 85.1 g/mol. The topological polar surface area (TPSA) is 3.01 Å². The summed E-state index contributed by atoms with van der Waals surface area (Å²) in [5.41, 5.74) is 0. The van der Waals surface area contributed by atoms with E-state index < -0.39 is 0 Å². The normalized spacial score (nSPS) is 43.0. The molecule has 1 fully saturated rings. The molecule has 0 radical (unpaired) electrons. The van der Waals surface area contributed by atoms with Crippen LogP contribution in [0.25, 0.3) is 0 Å². The maximum absolute atomic E-state index is 2.35. The molecular formula is C5H11N. The Labute approximate surface area is 39.0 Å². The molecule has 0 bridgehead atoms. The van der Waals surface area contributed by atoms with Gasteiger partial charge >= 0.3 is 0 Å². The van der Waals surface area contributed by atoms with Crippen molar-refractivity contribution in [3.05, 3.63) is 0 Å². The summed E-state index contributed by atoms with van der Waals surface area (Å²) < 4.78 is 0. The minimum Gasteiger partial charge on any atom is -0.301 e. The van der Waals surface area contributed by atoms with Gasteiger partial charge < -0.3 is 4.90 Å². The van der Waals surface area contributed by atoms with E-state index in [1.54, 1.807) is 0 Å². The summed E-state index contributed by atoms with van der Waals surface area (Å²) in [6, 6.07) is 0.935. The third kappa shape index (κ3) is 0.548. The lowest BCUT2D eigenvalue weighted by Crippen LogP contribution is -1.88. The fourth-order valence-corrected chi connectivity index (χ4v) is 0.726. The van der Waals surface area contributed by atoms with E-state index in [0.717, 1.165) is 6.04 Å². The van der Waals surface area contributed by atoms with Gasteiger partial charge in [0.1, 0.15) is 0 Å². The number of likely N-dealkylation sites (N-methyl/N-ethyl adjacent to an activating group) is 1. The maximum atomic E-state index is 2.35. The Hall–Kier alpha value is -0.0400. The second-order valence-corrected chi connectivity index (χ2v) is 2.00. The van der Waals surface area contributed by atoms with Crippen LogP contribution in [0.15, 0.2) is 0 Å². The number of rotatable bonds is 1. The number of nitrogens with zero attached hydrogens (tertiary/aromatic N) is 1. The summed E-state index contributed by atoms with van der Waals surface area (Å²) in [6.07, 6.45) is 1.33. The minimum absolute atomic E-state index is 0.935. The first-order chi connectivity index (χ1) is 2.84. The summed E-state index contributed by atoms with van der Waals surface area (Å²) >= 11 is 0. The van der Waals surface area contributed by atoms with Crippen LogP contribution >= 0.6 is 0 Å². The number of hydrogen-bond donors (Lipinski definition) is 0. The van der Waals surface area contributed by atoms with E-state index in [2.05, 4.69) is 18.9 Å². The maximum Gasteiger partial charge on any atom is 0.0218 e. The second kappa shape index (κ2) is 1.23. The molecule has 0 aromatic heterocycles. The zero-order valence-corrected chi connectivity index (χ0v) is 4.44. The lowest BCUT2D eigenvalue weighted by molar-refractivity contribution is 0.603. The van der Waals surface area contributed by atoms with Gasteiger partial charge in [0.15, 0.2) is 0 Å². The van der Waals surface area contributed by atoms with Crippen molar-refractivity contribution >= 4 is 0 Å². The van der Waals surface area contributed by atoms with E-state index in [9.17, 15) is 0 Å². The zero-order chi connectivity index (χ0) is 4.57. The van der Waals surface area contributed by atoms with Gasteiger partial charge in [-0.15, -0.1) is 0 Å². The van der Waals surface area contributed by atoms with E-state index in [1.807, 2.05) is 0 Å². The molecule has 0 amide bonds. The van der Waals surface area contributed by atoms with Crippen LogP contribution in [0.2, 0.25) is 0 Å². The van der Waals surface area contributed by atoms with Crippen LogP contribution in [0.3, 0.4) is 0 Å². The molecule has 1 rings (SSSR count). The summed E-state index contributed by atoms with van der Waals surface area (Å²) in [5, 5.41) is 0. The molecular weight excluding hydrogens is 74.1 g/mol. The predicted octanol–water partition coefficient (Wildman–Crippen LogP) is 0.710. The Morgan fingerprint density at radius 2 is 2.33 bits per heavy atom. The summed E-state index contributed by atoms with van der Waals surface area (Å²) in [6.45, 7) is 3.56. The lowest BCUT2D eigenvalue weighted by atomic mass is 10.4. The molecule has 0 unspecified atom stereocenters. The molecule has 0 aliphatic carbocycles. The van der Waals surface area contributed by atoms with Crippen molar-refractivity contribution in [3.63, 3.8) is 0 Å². The highest BCUT2D eigenvalue weighted by atomic mass is 15.3. The SMILES string of the molecule is CC[C@H]1C[N@@]1C. The summed E-state index contributed by atoms with van der Waals surface area (Å²) in [7, 11) is 2.16. The third-order valence-electron chi connectivity index (χ3n) is 1.46. The van der Waals surface area contributed by atoms with Crippen LogP contribution in [0.4, 0.5) is 0 Å². The van der Waals surface area contributed by atoms with Gasteiger partial charge in [0.2, 0.25) is 0 Å². The Bertz CT molecular complexity index is 49.9. The fourth-order valence-electron chi connectivity index (χ4n) is 0.726. The lowest BCUT2D eigenvalue weighted by Gasteiger charge is -1.83. The van der Waals surface area contributed by atoms with E-state index in [0.29, 0.717) is 0 Å². The van der Waals surface area contributed by atoms with Crippen molar-refractivity contribution in [2.75, 3.05) is 13.6 Å². The highest BCUT2D eigenvalue weighted by Crippen LogP contribution is 2.15. The van der Waals surface area contributed by atoms with Crippen molar-refractivity contribution in [2.24, 2.45) is 0 Å². The average molecular weight is 85.1 g/mol. The second-order valence-electron chi connectivity index (χ2n) is 2.00. The Balaban J connectivity index is 2.09.